The number of imide groups is 1. The Morgan fingerprint density at radius 3 is 2.24 bits per heavy atom. The first-order chi connectivity index (χ1) is 19.7. The number of anilines is 1. The molecule has 0 bridgehead atoms. The molecular weight excluding hydrogens is 536 g/mol. The first-order valence-corrected chi connectivity index (χ1v) is 15.3. The Morgan fingerprint density at radius 2 is 1.63 bits per heavy atom. The fraction of sp³-hybridized carbons (Fsp3) is 0.281. The summed E-state index contributed by atoms with van der Waals surface area (Å²) < 4.78 is 28.6. The number of benzene rings is 3. The second-order valence-corrected chi connectivity index (χ2v) is 12.4. The van der Waals surface area contributed by atoms with E-state index in [0.717, 1.165) is 47.7 Å². The smallest absolute Gasteiger partial charge is 0.261 e. The summed E-state index contributed by atoms with van der Waals surface area (Å²) in [7, 11) is -3.72. The van der Waals surface area contributed by atoms with Gasteiger partial charge in [0.2, 0.25) is 10.0 Å². The molecule has 0 spiro atoms. The van der Waals surface area contributed by atoms with Crippen LogP contribution in [0.2, 0.25) is 0 Å². The monoisotopic (exact) mass is 568 g/mol. The number of sulfonamides is 1. The number of likely N-dealkylation sites (tertiary alicyclic amines) is 1. The molecule has 9 heteroatoms. The first-order valence-electron chi connectivity index (χ1n) is 13.7. The van der Waals surface area contributed by atoms with E-state index in [4.69, 9.17) is 5.26 Å². The largest absolute Gasteiger partial charge is 0.371 e. The van der Waals surface area contributed by atoms with Crippen LogP contribution in [0.1, 0.15) is 68.2 Å². The Bertz CT molecular complexity index is 1610. The van der Waals surface area contributed by atoms with Gasteiger partial charge >= 0.3 is 0 Å². The topological polar surface area (TPSA) is 111 Å². The third-order valence-corrected chi connectivity index (χ3v) is 9.25. The maximum atomic E-state index is 13.0. The van der Waals surface area contributed by atoms with E-state index in [1.54, 1.807) is 24.3 Å². The summed E-state index contributed by atoms with van der Waals surface area (Å²) in [6.45, 7) is 7.83. The molecule has 0 radical (unpaired) electrons. The van der Waals surface area contributed by atoms with Gasteiger partial charge in [-0.3, -0.25) is 19.2 Å². The van der Waals surface area contributed by atoms with Gasteiger partial charge in [-0.25, -0.2) is 8.42 Å². The van der Waals surface area contributed by atoms with Gasteiger partial charge in [0.05, 0.1) is 34.2 Å². The van der Waals surface area contributed by atoms with E-state index in [-0.39, 0.29) is 30.5 Å². The van der Waals surface area contributed by atoms with Crippen molar-refractivity contribution >= 4 is 33.2 Å². The zero-order valence-corrected chi connectivity index (χ0v) is 23.8. The second kappa shape index (κ2) is 11.6. The minimum absolute atomic E-state index is 0.0293. The molecule has 41 heavy (non-hydrogen) atoms. The van der Waals surface area contributed by atoms with Crippen molar-refractivity contribution in [1.29, 1.82) is 5.26 Å². The van der Waals surface area contributed by atoms with E-state index < -0.39 is 10.0 Å². The maximum Gasteiger partial charge on any atom is 0.261 e. The van der Waals surface area contributed by atoms with Crippen LogP contribution in [-0.2, 0) is 10.0 Å². The number of hydrogen-bond donors (Lipinski definition) is 1. The zero-order valence-electron chi connectivity index (χ0n) is 23.0. The highest BCUT2D eigenvalue weighted by Crippen LogP contribution is 2.33. The standard InChI is InChI=1S/C32H32N4O4S/c1-22-8-11-27(23(2)35-17-14-26(15-18-35)25-12-9-24(21-33)10-13-25)20-30(22)34-41(39,40)19-5-16-36-31(37)28-6-3-4-7-29(28)32(36)38/h3-4,6-13,20,26,34H,2,5,14-19H2,1H3. The highest BCUT2D eigenvalue weighted by atomic mass is 32.2. The highest BCUT2D eigenvalue weighted by molar-refractivity contribution is 7.92. The molecule has 3 aromatic rings. The quantitative estimate of drug-likeness (QED) is 0.358. The molecule has 3 aromatic carbocycles. The van der Waals surface area contributed by atoms with Crippen molar-refractivity contribution in [2.45, 2.75) is 32.1 Å². The average molecular weight is 569 g/mol. The number of aryl methyl sites for hydroxylation is 1. The number of carbonyl (C=O) groups excluding carboxylic acids is 2. The van der Waals surface area contributed by atoms with Gasteiger partial charge in [-0.1, -0.05) is 43.0 Å². The molecule has 2 aliphatic rings. The molecular formula is C32H32N4O4S. The van der Waals surface area contributed by atoms with Gasteiger partial charge in [0.1, 0.15) is 0 Å². The molecule has 5 rings (SSSR count). The van der Waals surface area contributed by atoms with E-state index in [1.807, 2.05) is 49.4 Å². The lowest BCUT2D eigenvalue weighted by Crippen LogP contribution is -2.32. The molecule has 0 aliphatic carbocycles. The van der Waals surface area contributed by atoms with Crippen LogP contribution in [0.25, 0.3) is 5.70 Å². The Kier molecular flexibility index (Phi) is 7.95. The molecule has 0 atom stereocenters. The van der Waals surface area contributed by atoms with Crippen molar-refractivity contribution in [1.82, 2.24) is 9.80 Å². The van der Waals surface area contributed by atoms with Crippen molar-refractivity contribution in [2.24, 2.45) is 0 Å². The SMILES string of the molecule is C=C(c1ccc(C)c(NS(=O)(=O)CCCN2C(=O)c3ccccc3C2=O)c1)N1CCC(c2ccc(C#N)cc2)CC1. The highest BCUT2D eigenvalue weighted by Gasteiger charge is 2.34. The Labute approximate surface area is 240 Å². The van der Waals surface area contributed by atoms with Crippen LogP contribution in [0.5, 0.6) is 0 Å². The average Bonchev–Trinajstić information content (AvgIpc) is 3.23. The normalized spacial score (nSPS) is 15.5. The van der Waals surface area contributed by atoms with Crippen LogP contribution in [0.4, 0.5) is 5.69 Å². The molecule has 2 amide bonds. The summed E-state index contributed by atoms with van der Waals surface area (Å²) in [6, 6.07) is 22.2. The number of nitrogens with zero attached hydrogens (tertiary/aromatic N) is 3. The van der Waals surface area contributed by atoms with E-state index >= 15 is 0 Å². The molecule has 0 saturated carbocycles. The first kappa shape index (κ1) is 28.1. The fourth-order valence-electron chi connectivity index (χ4n) is 5.48. The third-order valence-electron chi connectivity index (χ3n) is 7.90. The van der Waals surface area contributed by atoms with Crippen LogP contribution in [0.15, 0.2) is 73.3 Å². The van der Waals surface area contributed by atoms with Crippen LogP contribution < -0.4 is 4.72 Å². The molecule has 8 nitrogen and oxygen atoms in total. The van der Waals surface area contributed by atoms with Crippen LogP contribution in [0.3, 0.4) is 0 Å². The van der Waals surface area contributed by atoms with E-state index in [0.29, 0.717) is 28.3 Å². The maximum absolute atomic E-state index is 13.0. The van der Waals surface area contributed by atoms with Gasteiger partial charge in [0.25, 0.3) is 11.8 Å². The third kappa shape index (κ3) is 6.03. The lowest BCUT2D eigenvalue weighted by molar-refractivity contribution is 0.0654. The number of hydrogen-bond acceptors (Lipinski definition) is 6. The number of rotatable bonds is 9. The second-order valence-electron chi connectivity index (χ2n) is 10.6. The summed E-state index contributed by atoms with van der Waals surface area (Å²) in [5.41, 5.74) is 5.55. The van der Waals surface area contributed by atoms with Gasteiger partial charge in [-0.2, -0.15) is 5.26 Å². The number of fused-ring (bicyclic) bond motifs is 1. The van der Waals surface area contributed by atoms with Crippen LogP contribution in [0, 0.1) is 18.3 Å². The molecule has 210 valence electrons. The zero-order chi connectivity index (χ0) is 29.1. The lowest BCUT2D eigenvalue weighted by Gasteiger charge is -2.35. The number of nitriles is 1. The van der Waals surface area contributed by atoms with E-state index in [9.17, 15) is 18.0 Å². The predicted octanol–water partition coefficient (Wildman–Crippen LogP) is 5.15. The van der Waals surface area contributed by atoms with Crippen molar-refractivity contribution in [3.05, 3.63) is 107 Å². The van der Waals surface area contributed by atoms with Crippen molar-refractivity contribution in [2.75, 3.05) is 30.1 Å². The molecule has 2 heterocycles. The fourth-order valence-corrected chi connectivity index (χ4v) is 6.65. The Balaban J connectivity index is 1.17. The van der Waals surface area contributed by atoms with Crippen molar-refractivity contribution < 1.29 is 18.0 Å². The van der Waals surface area contributed by atoms with E-state index in [2.05, 4.69) is 22.3 Å². The van der Waals surface area contributed by atoms with Crippen LogP contribution in [-0.4, -0.2) is 55.4 Å². The molecule has 2 aliphatic heterocycles. The number of nitrogens with one attached hydrogen (secondary N) is 1. The van der Waals surface area contributed by atoms with Gasteiger partial charge in [-0.05, 0) is 79.1 Å². The summed E-state index contributed by atoms with van der Waals surface area (Å²) in [4.78, 5) is 28.5. The molecule has 1 saturated heterocycles. The molecule has 0 aromatic heterocycles. The number of carbonyl (C=O) groups is 2. The number of piperidine rings is 1. The van der Waals surface area contributed by atoms with Crippen molar-refractivity contribution in [3.8, 4) is 6.07 Å². The minimum Gasteiger partial charge on any atom is -0.371 e. The molecule has 1 N–H and O–H groups in total. The van der Waals surface area contributed by atoms with Gasteiger partial charge in [0.15, 0.2) is 0 Å². The lowest BCUT2D eigenvalue weighted by atomic mass is 9.88. The summed E-state index contributed by atoms with van der Waals surface area (Å²) in [6.07, 6.45) is 2.05. The van der Waals surface area contributed by atoms with Crippen molar-refractivity contribution in [3.63, 3.8) is 0 Å². The predicted molar refractivity (Wildman–Crippen MR) is 159 cm³/mol. The van der Waals surface area contributed by atoms with Crippen LogP contribution >= 0.6 is 0 Å². The van der Waals surface area contributed by atoms with E-state index in [1.165, 1.54) is 5.56 Å². The van der Waals surface area contributed by atoms with Gasteiger partial charge in [-0.15, -0.1) is 0 Å². The number of amides is 2. The molecule has 0 unspecified atom stereocenters. The van der Waals surface area contributed by atoms with Gasteiger partial charge in [0, 0.05) is 25.3 Å². The van der Waals surface area contributed by atoms with Gasteiger partial charge < -0.3 is 4.90 Å². The minimum atomic E-state index is -3.72. The summed E-state index contributed by atoms with van der Waals surface area (Å²) >= 11 is 0. The summed E-state index contributed by atoms with van der Waals surface area (Å²) in [5.74, 6) is -0.584. The Morgan fingerprint density at radius 1 is 1.00 bits per heavy atom. The molecule has 1 fully saturated rings. The summed E-state index contributed by atoms with van der Waals surface area (Å²) in [5, 5.41) is 9.04. The Hall–Kier alpha value is -4.42.